The van der Waals surface area contributed by atoms with Gasteiger partial charge >= 0.3 is 6.18 Å². The first kappa shape index (κ1) is 12.8. The zero-order valence-electron chi connectivity index (χ0n) is 8.06. The van der Waals surface area contributed by atoms with Crippen LogP contribution < -0.4 is 0 Å². The summed E-state index contributed by atoms with van der Waals surface area (Å²) in [4.78, 5) is 0. The number of aliphatic hydroxyl groups excluding tert-OH is 1. The van der Waals surface area contributed by atoms with E-state index in [1.165, 1.54) is 0 Å². The summed E-state index contributed by atoms with van der Waals surface area (Å²) >= 11 is 0. The van der Waals surface area contributed by atoms with Crippen LogP contribution in [0.1, 0.15) is 39.5 Å². The van der Waals surface area contributed by atoms with E-state index in [4.69, 9.17) is 5.11 Å². The predicted molar refractivity (Wildman–Crippen MR) is 45.4 cm³/mol. The Bertz CT molecular complexity index is 133. The first-order valence-corrected chi connectivity index (χ1v) is 4.68. The van der Waals surface area contributed by atoms with Crippen molar-refractivity contribution in [2.45, 2.75) is 51.8 Å². The zero-order valence-corrected chi connectivity index (χ0v) is 8.06. The van der Waals surface area contributed by atoms with E-state index in [1.807, 2.05) is 6.92 Å². The molecule has 0 aliphatic carbocycles. The van der Waals surface area contributed by atoms with Gasteiger partial charge in [-0.2, -0.15) is 13.2 Å². The maximum absolute atomic E-state index is 12.1. The molecule has 1 N–H and O–H groups in total. The Labute approximate surface area is 76.9 Å². The molecule has 0 aromatic carbocycles. The monoisotopic (exact) mass is 198 g/mol. The minimum Gasteiger partial charge on any atom is -0.383 e. The molecule has 0 aromatic heterocycles. The van der Waals surface area contributed by atoms with Gasteiger partial charge in [0, 0.05) is 0 Å². The van der Waals surface area contributed by atoms with Gasteiger partial charge in [0.05, 0.1) is 0 Å². The first-order chi connectivity index (χ1) is 5.93. The lowest BCUT2D eigenvalue weighted by Crippen LogP contribution is -2.35. The molecule has 0 saturated carbocycles. The number of halogens is 3. The summed E-state index contributed by atoms with van der Waals surface area (Å²) in [5, 5.41) is 8.95. The molecule has 13 heavy (non-hydrogen) atoms. The second kappa shape index (κ2) is 5.47. The van der Waals surface area contributed by atoms with Crippen LogP contribution in [0.2, 0.25) is 0 Å². The van der Waals surface area contributed by atoms with Gasteiger partial charge in [0.15, 0.2) is 6.10 Å². The molecule has 0 aliphatic rings. The molecule has 1 nitrogen and oxygen atoms in total. The summed E-state index contributed by atoms with van der Waals surface area (Å²) in [5.74, 6) is -0.639. The highest BCUT2D eigenvalue weighted by molar-refractivity contribution is 4.74. The van der Waals surface area contributed by atoms with Gasteiger partial charge in [-0.15, -0.1) is 0 Å². The Morgan fingerprint density at radius 3 is 2.08 bits per heavy atom. The first-order valence-electron chi connectivity index (χ1n) is 4.68. The summed E-state index contributed by atoms with van der Waals surface area (Å²) < 4.78 is 36.2. The molecular formula is C9H17F3O. The highest BCUT2D eigenvalue weighted by Crippen LogP contribution is 2.29. The third kappa shape index (κ3) is 4.50. The summed E-state index contributed by atoms with van der Waals surface area (Å²) in [7, 11) is 0. The van der Waals surface area contributed by atoms with Gasteiger partial charge in [-0.3, -0.25) is 0 Å². The molecule has 0 fully saturated rings. The Hall–Kier alpha value is -0.250. The lowest BCUT2D eigenvalue weighted by molar-refractivity contribution is -0.220. The fourth-order valence-corrected chi connectivity index (χ4v) is 1.32. The van der Waals surface area contributed by atoms with E-state index in [0.717, 1.165) is 12.8 Å². The summed E-state index contributed by atoms with van der Waals surface area (Å²) in [5.41, 5.74) is 0. The van der Waals surface area contributed by atoms with E-state index in [9.17, 15) is 13.2 Å². The molecule has 1 unspecified atom stereocenters. The Kier molecular flexibility index (Phi) is 5.37. The van der Waals surface area contributed by atoms with Crippen LogP contribution in [-0.4, -0.2) is 17.4 Å². The van der Waals surface area contributed by atoms with Crippen molar-refractivity contribution in [3.05, 3.63) is 0 Å². The van der Waals surface area contributed by atoms with Crippen molar-refractivity contribution in [3.8, 4) is 0 Å². The molecular weight excluding hydrogens is 181 g/mol. The second-order valence-corrected chi connectivity index (χ2v) is 3.30. The minimum atomic E-state index is -4.46. The molecule has 0 bridgehead atoms. The zero-order chi connectivity index (χ0) is 10.5. The molecule has 0 saturated heterocycles. The van der Waals surface area contributed by atoms with Crippen LogP contribution >= 0.6 is 0 Å². The van der Waals surface area contributed by atoms with E-state index in [1.54, 1.807) is 6.92 Å². The Morgan fingerprint density at radius 2 is 1.77 bits per heavy atom. The van der Waals surface area contributed by atoms with Crippen molar-refractivity contribution < 1.29 is 18.3 Å². The minimum absolute atomic E-state index is 0.376. The topological polar surface area (TPSA) is 20.2 Å². The fourth-order valence-electron chi connectivity index (χ4n) is 1.32. The molecule has 0 amide bonds. The second-order valence-electron chi connectivity index (χ2n) is 3.30. The van der Waals surface area contributed by atoms with Gasteiger partial charge in [0.25, 0.3) is 0 Å². The molecule has 0 spiro atoms. The van der Waals surface area contributed by atoms with Crippen molar-refractivity contribution in [3.63, 3.8) is 0 Å². The van der Waals surface area contributed by atoms with Crippen molar-refractivity contribution in [2.24, 2.45) is 5.92 Å². The van der Waals surface area contributed by atoms with Crippen LogP contribution in [0.4, 0.5) is 13.2 Å². The van der Waals surface area contributed by atoms with E-state index in [-0.39, 0.29) is 0 Å². The van der Waals surface area contributed by atoms with Gasteiger partial charge in [-0.05, 0) is 12.3 Å². The average Bonchev–Trinajstić information content (AvgIpc) is 2.04. The standard InChI is InChI=1S/C9H17F3O/c1-3-5-6-7(4-2)8(13)9(10,11)12/h7-8,13H,3-6H2,1-2H3/t7-,8?/m1/s1. The van der Waals surface area contributed by atoms with Gasteiger partial charge in [0.1, 0.15) is 0 Å². The van der Waals surface area contributed by atoms with Gasteiger partial charge in [-0.1, -0.05) is 33.1 Å². The molecule has 80 valence electrons. The van der Waals surface area contributed by atoms with Crippen molar-refractivity contribution >= 4 is 0 Å². The molecule has 0 aromatic rings. The third-order valence-electron chi connectivity index (χ3n) is 2.23. The number of unbranched alkanes of at least 4 members (excludes halogenated alkanes) is 1. The van der Waals surface area contributed by atoms with Gasteiger partial charge in [-0.25, -0.2) is 0 Å². The van der Waals surface area contributed by atoms with Crippen LogP contribution in [0.3, 0.4) is 0 Å². The van der Waals surface area contributed by atoms with E-state index in [2.05, 4.69) is 0 Å². The van der Waals surface area contributed by atoms with Crippen LogP contribution in [0.25, 0.3) is 0 Å². The molecule has 2 atom stereocenters. The Morgan fingerprint density at radius 1 is 1.23 bits per heavy atom. The molecule has 0 heterocycles. The Balaban J connectivity index is 4.07. The molecule has 4 heteroatoms. The van der Waals surface area contributed by atoms with Crippen LogP contribution in [0, 0.1) is 5.92 Å². The van der Waals surface area contributed by atoms with Crippen LogP contribution in [0.15, 0.2) is 0 Å². The maximum Gasteiger partial charge on any atom is 0.414 e. The summed E-state index contributed by atoms with van der Waals surface area (Å²) in [6.07, 6.45) is -4.18. The van der Waals surface area contributed by atoms with Crippen LogP contribution in [-0.2, 0) is 0 Å². The summed E-state index contributed by atoms with van der Waals surface area (Å²) in [6.45, 7) is 3.60. The predicted octanol–water partition coefficient (Wildman–Crippen LogP) is 3.13. The van der Waals surface area contributed by atoms with Gasteiger partial charge in [0.2, 0.25) is 0 Å². The third-order valence-corrected chi connectivity index (χ3v) is 2.23. The van der Waals surface area contributed by atoms with Gasteiger partial charge < -0.3 is 5.11 Å². The largest absolute Gasteiger partial charge is 0.414 e. The average molecular weight is 198 g/mol. The quantitative estimate of drug-likeness (QED) is 0.719. The van der Waals surface area contributed by atoms with Crippen molar-refractivity contribution in [1.82, 2.24) is 0 Å². The highest BCUT2D eigenvalue weighted by atomic mass is 19.4. The van der Waals surface area contributed by atoms with Crippen LogP contribution in [0.5, 0.6) is 0 Å². The number of aliphatic hydroxyl groups is 1. The normalized spacial score (nSPS) is 17.1. The van der Waals surface area contributed by atoms with E-state index >= 15 is 0 Å². The SMILES string of the molecule is CCCC[C@@H](CC)C(O)C(F)(F)F. The highest BCUT2D eigenvalue weighted by Gasteiger charge is 2.42. The number of rotatable bonds is 5. The smallest absolute Gasteiger partial charge is 0.383 e. The van der Waals surface area contributed by atoms with E-state index < -0.39 is 18.2 Å². The summed E-state index contributed by atoms with van der Waals surface area (Å²) in [6, 6.07) is 0. The number of alkyl halides is 3. The lowest BCUT2D eigenvalue weighted by atomic mass is 9.93. The number of hydrogen-bond donors (Lipinski definition) is 1. The molecule has 0 radical (unpaired) electrons. The van der Waals surface area contributed by atoms with E-state index in [0.29, 0.717) is 12.8 Å². The fraction of sp³-hybridized carbons (Fsp3) is 1.00. The molecule has 0 rings (SSSR count). The number of hydrogen-bond acceptors (Lipinski definition) is 1. The van der Waals surface area contributed by atoms with Crippen molar-refractivity contribution in [2.75, 3.05) is 0 Å². The maximum atomic E-state index is 12.1. The lowest BCUT2D eigenvalue weighted by Gasteiger charge is -2.23. The molecule has 0 aliphatic heterocycles. The van der Waals surface area contributed by atoms with Crippen molar-refractivity contribution in [1.29, 1.82) is 0 Å².